The van der Waals surface area contributed by atoms with Gasteiger partial charge < -0.3 is 9.15 Å². The van der Waals surface area contributed by atoms with Gasteiger partial charge in [-0.15, -0.1) is 0 Å². The number of fused-ring (bicyclic) bond motifs is 1. The molecule has 4 heteroatoms. The van der Waals surface area contributed by atoms with Gasteiger partial charge in [-0.05, 0) is 25.0 Å². The number of carbonyl (C=O) groups excluding carboxylic acids is 1. The molecule has 1 aliphatic carbocycles. The van der Waals surface area contributed by atoms with E-state index in [0.717, 1.165) is 36.7 Å². The third kappa shape index (κ3) is 1.52. The minimum Gasteiger partial charge on any atom is -0.451 e. The summed E-state index contributed by atoms with van der Waals surface area (Å²) in [7, 11) is 0. The number of esters is 1. The van der Waals surface area contributed by atoms with Crippen LogP contribution in [0.1, 0.15) is 31.4 Å². The van der Waals surface area contributed by atoms with E-state index < -0.39 is 5.54 Å². The second-order valence-corrected chi connectivity index (χ2v) is 5.19. The number of nitrogens with zero attached hydrogens (tertiary/aromatic N) is 1. The maximum Gasteiger partial charge on any atom is 0.341 e. The number of rotatable bonds is 1. The minimum atomic E-state index is -0.631. The van der Waals surface area contributed by atoms with Crippen molar-refractivity contribution in [3.05, 3.63) is 36.1 Å². The SMILES string of the molecule is O=C1OC(c2cc3ccccc3o2)=NC12CCCC2. The Bertz CT molecular complexity index is 659. The number of benzene rings is 1. The lowest BCUT2D eigenvalue weighted by Gasteiger charge is -2.12. The number of carbonyl (C=O) groups is 1. The number of ether oxygens (including phenoxy) is 1. The average Bonchev–Trinajstić information content (AvgIpc) is 3.11. The molecule has 1 saturated carbocycles. The van der Waals surface area contributed by atoms with Gasteiger partial charge in [0.05, 0.1) is 0 Å². The Labute approximate surface area is 110 Å². The van der Waals surface area contributed by atoms with E-state index in [1.807, 2.05) is 30.3 Å². The van der Waals surface area contributed by atoms with Crippen LogP contribution in [-0.2, 0) is 9.53 Å². The number of hydrogen-bond donors (Lipinski definition) is 0. The quantitative estimate of drug-likeness (QED) is 0.736. The van der Waals surface area contributed by atoms with Crippen LogP contribution < -0.4 is 0 Å². The van der Waals surface area contributed by atoms with Gasteiger partial charge in [0, 0.05) is 5.39 Å². The Morgan fingerprint density at radius 3 is 2.74 bits per heavy atom. The molecule has 1 aromatic carbocycles. The molecule has 4 nitrogen and oxygen atoms in total. The Balaban J connectivity index is 1.78. The lowest BCUT2D eigenvalue weighted by molar-refractivity contribution is -0.138. The van der Waals surface area contributed by atoms with Crippen LogP contribution in [0.3, 0.4) is 0 Å². The standard InChI is InChI=1S/C15H13NO3/c17-14-15(7-3-4-8-15)16-13(19-14)12-9-10-5-1-2-6-11(10)18-12/h1-2,5-6,9H,3-4,7-8H2. The molecule has 0 amide bonds. The van der Waals surface area contributed by atoms with Gasteiger partial charge in [-0.2, -0.15) is 0 Å². The molecule has 0 saturated heterocycles. The third-order valence-electron chi connectivity index (χ3n) is 3.95. The summed E-state index contributed by atoms with van der Waals surface area (Å²) >= 11 is 0. The lowest BCUT2D eigenvalue weighted by Crippen LogP contribution is -2.29. The molecule has 2 aromatic rings. The van der Waals surface area contributed by atoms with E-state index in [2.05, 4.69) is 4.99 Å². The number of cyclic esters (lactones) is 1. The van der Waals surface area contributed by atoms with Crippen molar-refractivity contribution in [2.75, 3.05) is 0 Å². The molecule has 1 fully saturated rings. The topological polar surface area (TPSA) is 51.8 Å². The van der Waals surface area contributed by atoms with Gasteiger partial charge in [0.2, 0.25) is 0 Å². The first-order valence-electron chi connectivity index (χ1n) is 6.58. The summed E-state index contributed by atoms with van der Waals surface area (Å²) in [5, 5.41) is 0.989. The zero-order valence-electron chi connectivity index (χ0n) is 10.4. The van der Waals surface area contributed by atoms with Gasteiger partial charge in [-0.1, -0.05) is 31.0 Å². The van der Waals surface area contributed by atoms with Gasteiger partial charge in [0.25, 0.3) is 5.90 Å². The first-order valence-corrected chi connectivity index (χ1v) is 6.58. The minimum absolute atomic E-state index is 0.222. The zero-order chi connectivity index (χ0) is 12.9. The number of hydrogen-bond acceptors (Lipinski definition) is 4. The molecule has 96 valence electrons. The van der Waals surface area contributed by atoms with Crippen LogP contribution in [0.5, 0.6) is 0 Å². The van der Waals surface area contributed by atoms with Gasteiger partial charge in [0.15, 0.2) is 11.3 Å². The molecule has 0 unspecified atom stereocenters. The highest BCUT2D eigenvalue weighted by molar-refractivity contribution is 6.08. The normalized spacial score (nSPS) is 21.1. The molecule has 0 radical (unpaired) electrons. The van der Waals surface area contributed by atoms with Crippen LogP contribution in [0, 0.1) is 0 Å². The maximum atomic E-state index is 12.0. The second-order valence-electron chi connectivity index (χ2n) is 5.19. The number of aliphatic imine (C=N–C) groups is 1. The Morgan fingerprint density at radius 1 is 1.16 bits per heavy atom. The van der Waals surface area contributed by atoms with Gasteiger partial charge in [-0.3, -0.25) is 0 Å². The largest absolute Gasteiger partial charge is 0.451 e. The summed E-state index contributed by atoms with van der Waals surface area (Å²) in [5.74, 6) is 0.655. The van der Waals surface area contributed by atoms with Crippen molar-refractivity contribution in [1.82, 2.24) is 0 Å². The van der Waals surface area contributed by atoms with E-state index in [0.29, 0.717) is 11.7 Å². The lowest BCUT2D eigenvalue weighted by atomic mass is 10.00. The molecule has 0 N–H and O–H groups in total. The second kappa shape index (κ2) is 3.70. The molecule has 1 aromatic heterocycles. The monoisotopic (exact) mass is 255 g/mol. The molecule has 2 heterocycles. The van der Waals surface area contributed by atoms with Crippen LogP contribution in [-0.4, -0.2) is 17.4 Å². The average molecular weight is 255 g/mol. The predicted molar refractivity (Wildman–Crippen MR) is 70.0 cm³/mol. The van der Waals surface area contributed by atoms with E-state index in [4.69, 9.17) is 9.15 Å². The molecular weight excluding hydrogens is 242 g/mol. The Morgan fingerprint density at radius 2 is 1.95 bits per heavy atom. The summed E-state index contributed by atoms with van der Waals surface area (Å²) in [6.07, 6.45) is 3.64. The van der Waals surface area contributed by atoms with E-state index >= 15 is 0 Å². The molecule has 0 atom stereocenters. The highest BCUT2D eigenvalue weighted by Crippen LogP contribution is 2.39. The first-order chi connectivity index (χ1) is 9.27. The van der Waals surface area contributed by atoms with E-state index in [1.54, 1.807) is 0 Å². The fraction of sp³-hybridized carbons (Fsp3) is 0.333. The molecular formula is C15H13NO3. The van der Waals surface area contributed by atoms with Crippen molar-refractivity contribution >= 4 is 22.8 Å². The summed E-state index contributed by atoms with van der Waals surface area (Å²) in [5.41, 5.74) is 0.150. The van der Waals surface area contributed by atoms with Crippen LogP contribution in [0.4, 0.5) is 0 Å². The van der Waals surface area contributed by atoms with E-state index in [9.17, 15) is 4.79 Å². The van der Waals surface area contributed by atoms with Crippen molar-refractivity contribution in [3.8, 4) is 0 Å². The fourth-order valence-corrected chi connectivity index (χ4v) is 2.91. The van der Waals surface area contributed by atoms with Gasteiger partial charge in [0.1, 0.15) is 5.58 Å². The molecule has 2 aliphatic rings. The van der Waals surface area contributed by atoms with E-state index in [-0.39, 0.29) is 5.97 Å². The van der Waals surface area contributed by atoms with Crippen LogP contribution >= 0.6 is 0 Å². The summed E-state index contributed by atoms with van der Waals surface area (Å²) < 4.78 is 11.0. The van der Waals surface area contributed by atoms with Gasteiger partial charge in [-0.25, -0.2) is 9.79 Å². The molecule has 4 rings (SSSR count). The summed E-state index contributed by atoms with van der Waals surface area (Å²) in [6.45, 7) is 0. The van der Waals surface area contributed by atoms with Gasteiger partial charge >= 0.3 is 5.97 Å². The third-order valence-corrected chi connectivity index (χ3v) is 3.95. The molecule has 0 bridgehead atoms. The fourth-order valence-electron chi connectivity index (χ4n) is 2.91. The number of para-hydroxylation sites is 1. The van der Waals surface area contributed by atoms with Crippen molar-refractivity contribution in [1.29, 1.82) is 0 Å². The highest BCUT2D eigenvalue weighted by atomic mass is 16.6. The van der Waals surface area contributed by atoms with Crippen molar-refractivity contribution < 1.29 is 13.9 Å². The summed E-state index contributed by atoms with van der Waals surface area (Å²) in [4.78, 5) is 16.5. The number of furan rings is 1. The smallest absolute Gasteiger partial charge is 0.341 e. The Kier molecular flexibility index (Phi) is 2.10. The zero-order valence-corrected chi connectivity index (χ0v) is 10.4. The van der Waals surface area contributed by atoms with Crippen LogP contribution in [0.15, 0.2) is 39.7 Å². The van der Waals surface area contributed by atoms with Crippen molar-refractivity contribution in [2.24, 2.45) is 4.99 Å². The molecule has 1 spiro atoms. The molecule has 1 aliphatic heterocycles. The first kappa shape index (κ1) is 10.8. The predicted octanol–water partition coefficient (Wildman–Crippen LogP) is 3.05. The maximum absolute atomic E-state index is 12.0. The molecule has 19 heavy (non-hydrogen) atoms. The van der Waals surface area contributed by atoms with Crippen molar-refractivity contribution in [2.45, 2.75) is 31.2 Å². The summed E-state index contributed by atoms with van der Waals surface area (Å²) in [6, 6.07) is 9.58. The van der Waals surface area contributed by atoms with Crippen LogP contribution in [0.25, 0.3) is 11.0 Å². The van der Waals surface area contributed by atoms with Crippen molar-refractivity contribution in [3.63, 3.8) is 0 Å². The van der Waals surface area contributed by atoms with E-state index in [1.165, 1.54) is 0 Å². The highest BCUT2D eigenvalue weighted by Gasteiger charge is 2.48. The Hall–Kier alpha value is -2.10. The van der Waals surface area contributed by atoms with Crippen LogP contribution in [0.2, 0.25) is 0 Å².